The highest BCUT2D eigenvalue weighted by atomic mass is 35.5. The molecule has 0 aliphatic carbocycles. The van der Waals surface area contributed by atoms with Gasteiger partial charge in [0.05, 0.1) is 12.1 Å². The topological polar surface area (TPSA) is 66.6 Å². The normalized spacial score (nSPS) is 10.9. The van der Waals surface area contributed by atoms with Gasteiger partial charge in [-0.1, -0.05) is 11.6 Å². The minimum atomic E-state index is -0.807. The van der Waals surface area contributed by atoms with Crippen LogP contribution in [0.3, 0.4) is 0 Å². The molecule has 2 rings (SSSR count). The predicted molar refractivity (Wildman–Crippen MR) is 75.5 cm³/mol. The second-order valence-electron chi connectivity index (χ2n) is 4.53. The summed E-state index contributed by atoms with van der Waals surface area (Å²) in [4.78, 5) is 16.8. The molecule has 0 unspecified atom stereocenters. The molecule has 0 bridgehead atoms. The highest BCUT2D eigenvalue weighted by molar-refractivity contribution is 6.30. The molecule has 0 fully saturated rings. The molecule has 5 nitrogen and oxygen atoms in total. The summed E-state index contributed by atoms with van der Waals surface area (Å²) < 4.78 is 5.42. The van der Waals surface area contributed by atoms with Crippen LogP contribution in [0.4, 0.5) is 0 Å². The van der Waals surface area contributed by atoms with Crippen LogP contribution in [0.1, 0.15) is 12.1 Å². The van der Waals surface area contributed by atoms with Crippen molar-refractivity contribution in [3.63, 3.8) is 0 Å². The lowest BCUT2D eigenvalue weighted by atomic mass is 10.2. The summed E-state index contributed by atoms with van der Waals surface area (Å²) in [6.45, 7) is 1.02. The van der Waals surface area contributed by atoms with Crippen molar-refractivity contribution < 1.29 is 14.3 Å². The Balaban J connectivity index is 1.98. The molecule has 1 heterocycles. The van der Waals surface area contributed by atoms with E-state index in [-0.39, 0.29) is 6.42 Å². The number of rotatable bonds is 6. The number of hydrogen-bond acceptors (Lipinski definition) is 4. The summed E-state index contributed by atoms with van der Waals surface area (Å²) in [5.41, 5.74) is 1.62. The lowest BCUT2D eigenvalue weighted by Crippen LogP contribution is -2.21. The number of carboxylic acids is 1. The van der Waals surface area contributed by atoms with Crippen LogP contribution in [0.15, 0.2) is 34.9 Å². The Kier molecular flexibility index (Phi) is 4.76. The first-order valence-electron chi connectivity index (χ1n) is 6.15. The van der Waals surface area contributed by atoms with Crippen LogP contribution in [0.5, 0.6) is 0 Å². The lowest BCUT2D eigenvalue weighted by Gasteiger charge is -2.12. The first-order chi connectivity index (χ1) is 9.54. The van der Waals surface area contributed by atoms with Gasteiger partial charge in [0, 0.05) is 23.7 Å². The molecule has 0 radical (unpaired) electrons. The van der Waals surface area contributed by atoms with Crippen molar-refractivity contribution in [3.8, 4) is 11.5 Å². The van der Waals surface area contributed by atoms with Crippen molar-refractivity contribution in [2.45, 2.75) is 13.0 Å². The van der Waals surface area contributed by atoms with Crippen LogP contribution in [0.2, 0.25) is 5.02 Å². The van der Waals surface area contributed by atoms with Crippen molar-refractivity contribution >= 4 is 17.6 Å². The minimum Gasteiger partial charge on any atom is -0.481 e. The van der Waals surface area contributed by atoms with Crippen molar-refractivity contribution in [2.24, 2.45) is 0 Å². The van der Waals surface area contributed by atoms with E-state index in [1.807, 2.05) is 24.1 Å². The first kappa shape index (κ1) is 14.6. The number of halogens is 1. The number of hydrogen-bond donors (Lipinski definition) is 1. The fourth-order valence-electron chi connectivity index (χ4n) is 1.75. The summed E-state index contributed by atoms with van der Waals surface area (Å²) in [6.07, 6.45) is 1.69. The van der Waals surface area contributed by atoms with Crippen molar-refractivity contribution in [3.05, 3.63) is 41.2 Å². The zero-order chi connectivity index (χ0) is 14.5. The van der Waals surface area contributed by atoms with Crippen molar-refractivity contribution in [2.75, 3.05) is 13.6 Å². The fraction of sp³-hybridized carbons (Fsp3) is 0.286. The van der Waals surface area contributed by atoms with Crippen LogP contribution in [0.25, 0.3) is 11.5 Å². The van der Waals surface area contributed by atoms with Gasteiger partial charge in [-0.15, -0.1) is 0 Å². The third kappa shape index (κ3) is 4.08. The van der Waals surface area contributed by atoms with Crippen LogP contribution in [0, 0.1) is 0 Å². The van der Waals surface area contributed by atoms with Gasteiger partial charge in [-0.05, 0) is 31.3 Å². The SMILES string of the molecule is CN(CCC(=O)O)Cc1coc(-c2ccc(Cl)cc2)n1. The van der Waals surface area contributed by atoms with E-state index in [0.717, 1.165) is 11.3 Å². The molecule has 106 valence electrons. The lowest BCUT2D eigenvalue weighted by molar-refractivity contribution is -0.137. The molecule has 1 aromatic carbocycles. The average Bonchev–Trinajstić information content (AvgIpc) is 2.85. The highest BCUT2D eigenvalue weighted by Gasteiger charge is 2.09. The Labute approximate surface area is 121 Å². The molecule has 6 heteroatoms. The van der Waals surface area contributed by atoms with Crippen LogP contribution in [-0.2, 0) is 11.3 Å². The van der Waals surface area contributed by atoms with Gasteiger partial charge < -0.3 is 9.52 Å². The Hall–Kier alpha value is -1.85. The van der Waals surface area contributed by atoms with E-state index in [1.165, 1.54) is 0 Å². The maximum absolute atomic E-state index is 10.5. The first-order valence-corrected chi connectivity index (χ1v) is 6.53. The highest BCUT2D eigenvalue weighted by Crippen LogP contribution is 2.21. The number of oxazole rings is 1. The predicted octanol–water partition coefficient (Wildman–Crippen LogP) is 2.90. The zero-order valence-corrected chi connectivity index (χ0v) is 11.8. The Morgan fingerprint density at radius 3 is 2.75 bits per heavy atom. The summed E-state index contributed by atoms with van der Waals surface area (Å²) >= 11 is 5.83. The minimum absolute atomic E-state index is 0.110. The molecule has 0 amide bonds. The van der Waals surface area contributed by atoms with Crippen molar-refractivity contribution in [1.82, 2.24) is 9.88 Å². The second kappa shape index (κ2) is 6.54. The summed E-state index contributed by atoms with van der Waals surface area (Å²) in [6, 6.07) is 7.23. The summed E-state index contributed by atoms with van der Waals surface area (Å²) in [7, 11) is 1.85. The third-order valence-corrected chi connectivity index (χ3v) is 3.03. The van der Waals surface area contributed by atoms with Gasteiger partial charge in [0.25, 0.3) is 0 Å². The quantitative estimate of drug-likeness (QED) is 0.887. The molecule has 0 atom stereocenters. The van der Waals surface area contributed by atoms with Gasteiger partial charge in [-0.3, -0.25) is 9.69 Å². The van der Waals surface area contributed by atoms with E-state index >= 15 is 0 Å². The number of carbonyl (C=O) groups is 1. The van der Waals surface area contributed by atoms with Crippen LogP contribution < -0.4 is 0 Å². The Morgan fingerprint density at radius 1 is 1.40 bits per heavy atom. The molecule has 2 aromatic rings. The number of aromatic nitrogens is 1. The molecule has 0 aliphatic rings. The van der Waals surface area contributed by atoms with Crippen LogP contribution >= 0.6 is 11.6 Å². The summed E-state index contributed by atoms with van der Waals surface area (Å²) in [5, 5.41) is 9.29. The standard InChI is InChI=1S/C14H15ClN2O3/c1-17(7-6-13(18)19)8-12-9-20-14(16-12)10-2-4-11(15)5-3-10/h2-5,9H,6-8H2,1H3,(H,18,19). The summed E-state index contributed by atoms with van der Waals surface area (Å²) in [5.74, 6) is -0.276. The van der Waals surface area contributed by atoms with E-state index in [4.69, 9.17) is 21.1 Å². The van der Waals surface area contributed by atoms with Crippen LogP contribution in [-0.4, -0.2) is 34.6 Å². The van der Waals surface area contributed by atoms with Crippen molar-refractivity contribution in [1.29, 1.82) is 0 Å². The van der Waals surface area contributed by atoms with E-state index in [1.54, 1.807) is 18.4 Å². The van der Waals surface area contributed by atoms with E-state index in [9.17, 15) is 4.79 Å². The maximum Gasteiger partial charge on any atom is 0.304 e. The molecule has 0 aliphatic heterocycles. The Morgan fingerprint density at radius 2 is 2.10 bits per heavy atom. The van der Waals surface area contributed by atoms with Gasteiger partial charge in [-0.2, -0.15) is 0 Å². The Bertz CT molecular complexity index is 580. The molecule has 0 spiro atoms. The van der Waals surface area contributed by atoms with Gasteiger partial charge in [0.1, 0.15) is 6.26 Å². The zero-order valence-electron chi connectivity index (χ0n) is 11.0. The number of benzene rings is 1. The maximum atomic E-state index is 10.5. The molecular weight excluding hydrogens is 280 g/mol. The van der Waals surface area contributed by atoms with Gasteiger partial charge in [0.15, 0.2) is 0 Å². The number of aliphatic carboxylic acids is 1. The second-order valence-corrected chi connectivity index (χ2v) is 4.97. The van der Waals surface area contributed by atoms with Gasteiger partial charge >= 0.3 is 5.97 Å². The monoisotopic (exact) mass is 294 g/mol. The number of nitrogens with zero attached hydrogens (tertiary/aromatic N) is 2. The molecular formula is C14H15ClN2O3. The third-order valence-electron chi connectivity index (χ3n) is 2.78. The fourth-order valence-corrected chi connectivity index (χ4v) is 1.87. The molecule has 1 aromatic heterocycles. The number of carboxylic acid groups (broad SMARTS) is 1. The molecule has 0 saturated heterocycles. The largest absolute Gasteiger partial charge is 0.481 e. The van der Waals surface area contributed by atoms with E-state index in [2.05, 4.69) is 4.98 Å². The van der Waals surface area contributed by atoms with Gasteiger partial charge in [0.2, 0.25) is 5.89 Å². The molecule has 20 heavy (non-hydrogen) atoms. The van der Waals surface area contributed by atoms with E-state index in [0.29, 0.717) is 24.0 Å². The van der Waals surface area contributed by atoms with Gasteiger partial charge in [-0.25, -0.2) is 4.98 Å². The smallest absolute Gasteiger partial charge is 0.304 e. The molecule has 1 N–H and O–H groups in total. The molecule has 0 saturated carbocycles. The van der Waals surface area contributed by atoms with E-state index < -0.39 is 5.97 Å². The average molecular weight is 295 g/mol.